The maximum Gasteiger partial charge on any atom is 0.238 e. The number of nitrogens with zero attached hydrogens (tertiary/aromatic N) is 2. The summed E-state index contributed by atoms with van der Waals surface area (Å²) < 4.78 is 29.3. The molecular formula is C13H14BrN3O3S. The van der Waals surface area contributed by atoms with Crippen molar-refractivity contribution in [2.45, 2.75) is 11.8 Å². The first-order valence-corrected chi connectivity index (χ1v) is 8.83. The first kappa shape index (κ1) is 15.7. The zero-order valence-corrected chi connectivity index (χ0v) is 13.9. The van der Waals surface area contributed by atoms with Crippen LogP contribution in [0.5, 0.6) is 11.6 Å². The zero-order chi connectivity index (χ0) is 15.5. The zero-order valence-electron chi connectivity index (χ0n) is 11.5. The van der Waals surface area contributed by atoms with Crippen molar-refractivity contribution in [3.63, 3.8) is 0 Å². The van der Waals surface area contributed by atoms with Crippen LogP contribution in [0.3, 0.4) is 0 Å². The maximum absolute atomic E-state index is 11.5. The molecule has 1 heterocycles. The molecule has 1 aromatic heterocycles. The predicted molar refractivity (Wildman–Crippen MR) is 83.5 cm³/mol. The van der Waals surface area contributed by atoms with Crippen LogP contribution < -0.4 is 10.1 Å². The minimum Gasteiger partial charge on any atom is -0.438 e. The Morgan fingerprint density at radius 3 is 2.81 bits per heavy atom. The van der Waals surface area contributed by atoms with Crippen molar-refractivity contribution in [3.05, 3.63) is 34.9 Å². The van der Waals surface area contributed by atoms with E-state index in [0.717, 1.165) is 6.26 Å². The molecule has 21 heavy (non-hydrogen) atoms. The van der Waals surface area contributed by atoms with Crippen LogP contribution in [0.4, 0.5) is 5.95 Å². The molecule has 0 radical (unpaired) electrons. The Bertz CT molecular complexity index is 750. The van der Waals surface area contributed by atoms with E-state index in [1.54, 1.807) is 18.3 Å². The van der Waals surface area contributed by atoms with Gasteiger partial charge in [-0.15, -0.1) is 0 Å². The van der Waals surface area contributed by atoms with Crippen molar-refractivity contribution in [2.24, 2.45) is 0 Å². The molecule has 0 saturated carbocycles. The highest BCUT2D eigenvalue weighted by Crippen LogP contribution is 2.29. The molecule has 8 heteroatoms. The SMILES string of the molecule is CCNc1ncc(Br)c(Oc2cccc(S(C)(=O)=O)c2)n1. The van der Waals surface area contributed by atoms with Crippen molar-refractivity contribution in [1.29, 1.82) is 0 Å². The Kier molecular flexibility index (Phi) is 4.79. The second kappa shape index (κ2) is 6.40. The summed E-state index contributed by atoms with van der Waals surface area (Å²) >= 11 is 3.30. The molecule has 1 aromatic carbocycles. The first-order chi connectivity index (χ1) is 9.90. The van der Waals surface area contributed by atoms with Crippen LogP contribution in [0.25, 0.3) is 0 Å². The van der Waals surface area contributed by atoms with Gasteiger partial charge >= 0.3 is 0 Å². The lowest BCUT2D eigenvalue weighted by Gasteiger charge is -2.09. The number of sulfone groups is 1. The van der Waals surface area contributed by atoms with Gasteiger partial charge < -0.3 is 10.1 Å². The van der Waals surface area contributed by atoms with Crippen molar-refractivity contribution in [3.8, 4) is 11.6 Å². The molecule has 0 spiro atoms. The van der Waals surface area contributed by atoms with Crippen molar-refractivity contribution in [1.82, 2.24) is 9.97 Å². The quantitative estimate of drug-likeness (QED) is 0.869. The molecule has 0 atom stereocenters. The first-order valence-electron chi connectivity index (χ1n) is 6.14. The molecule has 6 nitrogen and oxygen atoms in total. The molecule has 112 valence electrons. The van der Waals surface area contributed by atoms with Crippen LogP contribution in [0.2, 0.25) is 0 Å². The van der Waals surface area contributed by atoms with Gasteiger partial charge in [0, 0.05) is 12.8 Å². The fourth-order valence-corrected chi connectivity index (χ4v) is 2.47. The summed E-state index contributed by atoms with van der Waals surface area (Å²) in [5.41, 5.74) is 0. The van der Waals surface area contributed by atoms with Gasteiger partial charge in [-0.05, 0) is 41.1 Å². The number of rotatable bonds is 5. The Labute approximate surface area is 131 Å². The minimum atomic E-state index is -3.28. The predicted octanol–water partition coefficient (Wildman–Crippen LogP) is 2.87. The third-order valence-corrected chi connectivity index (χ3v) is 4.15. The maximum atomic E-state index is 11.5. The highest BCUT2D eigenvalue weighted by atomic mass is 79.9. The van der Waals surface area contributed by atoms with E-state index >= 15 is 0 Å². The van der Waals surface area contributed by atoms with E-state index in [4.69, 9.17) is 4.74 Å². The van der Waals surface area contributed by atoms with Crippen LogP contribution in [0.1, 0.15) is 6.92 Å². The highest BCUT2D eigenvalue weighted by Gasteiger charge is 2.11. The average molecular weight is 372 g/mol. The highest BCUT2D eigenvalue weighted by molar-refractivity contribution is 9.10. The number of benzene rings is 1. The van der Waals surface area contributed by atoms with Crippen LogP contribution in [-0.2, 0) is 9.84 Å². The molecule has 0 amide bonds. The van der Waals surface area contributed by atoms with Crippen LogP contribution >= 0.6 is 15.9 Å². The van der Waals surface area contributed by atoms with Crippen molar-refractivity contribution in [2.75, 3.05) is 18.1 Å². The molecule has 0 aliphatic carbocycles. The lowest BCUT2D eigenvalue weighted by atomic mass is 10.3. The molecule has 0 unspecified atom stereocenters. The lowest BCUT2D eigenvalue weighted by molar-refractivity contribution is 0.457. The summed E-state index contributed by atoms with van der Waals surface area (Å²) in [4.78, 5) is 8.48. The second-order valence-corrected chi connectivity index (χ2v) is 7.10. The fraction of sp³-hybridized carbons (Fsp3) is 0.231. The molecule has 0 bridgehead atoms. The van der Waals surface area contributed by atoms with E-state index in [-0.39, 0.29) is 4.90 Å². The van der Waals surface area contributed by atoms with Gasteiger partial charge in [0.15, 0.2) is 9.84 Å². The summed E-state index contributed by atoms with van der Waals surface area (Å²) in [6.07, 6.45) is 2.72. The van der Waals surface area contributed by atoms with Gasteiger partial charge in [-0.3, -0.25) is 0 Å². The summed E-state index contributed by atoms with van der Waals surface area (Å²) in [5, 5.41) is 2.98. The van der Waals surface area contributed by atoms with Gasteiger partial charge in [0.05, 0.1) is 15.6 Å². The summed E-state index contributed by atoms with van der Waals surface area (Å²) in [6, 6.07) is 6.25. The Morgan fingerprint density at radius 2 is 2.14 bits per heavy atom. The minimum absolute atomic E-state index is 0.192. The molecule has 0 aliphatic heterocycles. The van der Waals surface area contributed by atoms with Crippen LogP contribution in [0.15, 0.2) is 39.8 Å². The summed E-state index contributed by atoms with van der Waals surface area (Å²) in [7, 11) is -3.28. The Balaban J connectivity index is 2.32. The van der Waals surface area contributed by atoms with Crippen molar-refractivity contribution >= 4 is 31.7 Å². The molecule has 0 aliphatic rings. The number of hydrogen-bond donors (Lipinski definition) is 1. The summed E-state index contributed by atoms with van der Waals surface area (Å²) in [5.74, 6) is 1.14. The smallest absolute Gasteiger partial charge is 0.238 e. The van der Waals surface area contributed by atoms with Gasteiger partial charge in [-0.2, -0.15) is 4.98 Å². The fourth-order valence-electron chi connectivity index (χ4n) is 1.55. The summed E-state index contributed by atoms with van der Waals surface area (Å²) in [6.45, 7) is 2.62. The van der Waals surface area contributed by atoms with Crippen LogP contribution in [0, 0.1) is 0 Å². The number of aromatic nitrogens is 2. The van der Waals surface area contributed by atoms with Gasteiger partial charge in [0.1, 0.15) is 5.75 Å². The molecule has 0 fully saturated rings. The number of nitrogens with one attached hydrogen (secondary N) is 1. The standard InChI is InChI=1S/C13H14BrN3O3S/c1-3-15-13-16-8-11(14)12(17-13)20-9-5-4-6-10(7-9)21(2,18)19/h4-8H,3H2,1-2H3,(H,15,16,17). The van der Waals surface area contributed by atoms with E-state index < -0.39 is 9.84 Å². The Morgan fingerprint density at radius 1 is 1.38 bits per heavy atom. The molecule has 2 rings (SSSR count). The molecule has 0 saturated heterocycles. The lowest BCUT2D eigenvalue weighted by Crippen LogP contribution is -2.03. The largest absolute Gasteiger partial charge is 0.438 e. The second-order valence-electron chi connectivity index (χ2n) is 4.23. The molecule has 1 N–H and O–H groups in total. The van der Waals surface area contributed by atoms with Crippen LogP contribution in [-0.4, -0.2) is 31.2 Å². The van der Waals surface area contributed by atoms with Gasteiger partial charge in [0.2, 0.25) is 11.8 Å². The number of anilines is 1. The molecular weight excluding hydrogens is 358 g/mol. The van der Waals surface area contributed by atoms with Gasteiger partial charge in [0.25, 0.3) is 0 Å². The Hall–Kier alpha value is -1.67. The van der Waals surface area contributed by atoms with E-state index in [2.05, 4.69) is 31.2 Å². The van der Waals surface area contributed by atoms with E-state index in [1.165, 1.54) is 12.1 Å². The number of ether oxygens (including phenoxy) is 1. The van der Waals surface area contributed by atoms with E-state index in [0.29, 0.717) is 28.6 Å². The van der Waals surface area contributed by atoms with E-state index in [1.807, 2.05) is 6.92 Å². The number of halogens is 1. The third-order valence-electron chi connectivity index (χ3n) is 2.50. The third kappa shape index (κ3) is 4.15. The van der Waals surface area contributed by atoms with Crippen molar-refractivity contribution < 1.29 is 13.2 Å². The topological polar surface area (TPSA) is 81.2 Å². The van der Waals surface area contributed by atoms with Gasteiger partial charge in [-0.25, -0.2) is 13.4 Å². The molecule has 2 aromatic rings. The van der Waals surface area contributed by atoms with Gasteiger partial charge in [-0.1, -0.05) is 6.07 Å². The average Bonchev–Trinajstić information content (AvgIpc) is 2.42. The normalized spacial score (nSPS) is 11.2. The number of hydrogen-bond acceptors (Lipinski definition) is 6. The van der Waals surface area contributed by atoms with E-state index in [9.17, 15) is 8.42 Å². The monoisotopic (exact) mass is 371 g/mol.